The molecule has 1 fully saturated rings. The first-order chi connectivity index (χ1) is 22.9. The van der Waals surface area contributed by atoms with Gasteiger partial charge in [0.15, 0.2) is 0 Å². The fourth-order valence-electron chi connectivity index (χ4n) is 5.88. The van der Waals surface area contributed by atoms with Gasteiger partial charge in [-0.15, -0.1) is 0 Å². The summed E-state index contributed by atoms with van der Waals surface area (Å²) in [7, 11) is 1.28. The van der Waals surface area contributed by atoms with Crippen LogP contribution in [0.1, 0.15) is 40.2 Å². The first-order valence-corrected chi connectivity index (χ1v) is 15.8. The van der Waals surface area contributed by atoms with Gasteiger partial charge in [-0.25, -0.2) is 4.79 Å². The normalized spacial score (nSPS) is 16.5. The first-order valence-electron chi connectivity index (χ1n) is 15.8. The molecule has 1 saturated heterocycles. The number of benzene rings is 4. The number of nitriles is 1. The monoisotopic (exact) mass is 632 g/mol. The zero-order chi connectivity index (χ0) is 33.0. The molecule has 0 radical (unpaired) electrons. The third-order valence-corrected chi connectivity index (χ3v) is 8.26. The number of nitrogens with one attached hydrogen (secondary N) is 3. The highest BCUT2D eigenvalue weighted by atomic mass is 16.5. The van der Waals surface area contributed by atoms with Gasteiger partial charge in [-0.2, -0.15) is 5.26 Å². The summed E-state index contributed by atoms with van der Waals surface area (Å²) in [4.78, 5) is 26.6. The number of anilines is 1. The van der Waals surface area contributed by atoms with E-state index >= 15 is 0 Å². The fourth-order valence-corrected chi connectivity index (χ4v) is 5.88. The lowest BCUT2D eigenvalue weighted by atomic mass is 9.84. The Morgan fingerprint density at radius 1 is 0.936 bits per heavy atom. The molecule has 5 rings (SSSR count). The summed E-state index contributed by atoms with van der Waals surface area (Å²) in [5.41, 5.74) is 4.92. The van der Waals surface area contributed by atoms with Crippen LogP contribution in [-0.2, 0) is 20.7 Å². The Bertz CT molecular complexity index is 1640. The second-order valence-electron chi connectivity index (χ2n) is 11.5. The number of alkyl carbamates (subject to hydrolysis) is 1. The lowest BCUT2D eigenvalue weighted by molar-refractivity contribution is -0.118. The Labute approximate surface area is 275 Å². The fraction of sp³-hybridized carbons (Fsp3) is 0.289. The van der Waals surface area contributed by atoms with E-state index in [1.807, 2.05) is 104 Å². The minimum Gasteiger partial charge on any atom is -0.491 e. The van der Waals surface area contributed by atoms with Crippen LogP contribution in [-0.4, -0.2) is 57.1 Å². The zero-order valence-corrected chi connectivity index (χ0v) is 26.6. The van der Waals surface area contributed by atoms with Crippen LogP contribution in [0.4, 0.5) is 10.5 Å². The molecule has 3 atom stereocenters. The van der Waals surface area contributed by atoms with Gasteiger partial charge in [-0.3, -0.25) is 4.79 Å². The Morgan fingerprint density at radius 2 is 1.60 bits per heavy atom. The van der Waals surface area contributed by atoms with E-state index in [9.17, 15) is 9.59 Å². The van der Waals surface area contributed by atoms with Crippen molar-refractivity contribution in [3.8, 4) is 11.8 Å². The first kappa shape index (κ1) is 33.2. The zero-order valence-electron chi connectivity index (χ0n) is 26.6. The largest absolute Gasteiger partial charge is 0.491 e. The number of amides is 2. The number of rotatable bonds is 12. The Hall–Kier alpha value is -5.17. The summed E-state index contributed by atoms with van der Waals surface area (Å²) in [5, 5.41) is 18.5. The molecule has 2 amide bonds. The van der Waals surface area contributed by atoms with E-state index in [0.717, 1.165) is 34.4 Å². The molecule has 0 bridgehead atoms. The Morgan fingerprint density at radius 3 is 2.26 bits per heavy atom. The number of nitrogens with zero attached hydrogens (tertiary/aromatic N) is 1. The summed E-state index contributed by atoms with van der Waals surface area (Å²) in [6.07, 6.45) is 0.535. The highest BCUT2D eigenvalue weighted by molar-refractivity contribution is 5.98. The summed E-state index contributed by atoms with van der Waals surface area (Å²) in [5.74, 6) is -0.0785. The lowest BCUT2D eigenvalue weighted by Crippen LogP contribution is -2.48. The minimum absolute atomic E-state index is 0.0440. The minimum atomic E-state index is -0.952. The molecule has 1 aliphatic heterocycles. The van der Waals surface area contributed by atoms with Gasteiger partial charge in [-0.1, -0.05) is 78.9 Å². The number of hydrogen-bond donors (Lipinski definition) is 3. The topological polar surface area (TPSA) is 122 Å². The van der Waals surface area contributed by atoms with Gasteiger partial charge in [-0.05, 0) is 66.3 Å². The number of ether oxygens (including phenoxy) is 3. The van der Waals surface area contributed by atoms with Crippen LogP contribution in [0.15, 0.2) is 103 Å². The summed E-state index contributed by atoms with van der Waals surface area (Å²) in [6, 6.07) is 33.6. The molecule has 9 heteroatoms. The van der Waals surface area contributed by atoms with Gasteiger partial charge < -0.3 is 30.2 Å². The van der Waals surface area contributed by atoms with Crippen molar-refractivity contribution in [2.24, 2.45) is 0 Å². The van der Waals surface area contributed by atoms with E-state index in [2.05, 4.69) is 22.0 Å². The molecule has 242 valence electrons. The molecule has 0 aromatic heterocycles. The van der Waals surface area contributed by atoms with Crippen molar-refractivity contribution in [2.45, 2.75) is 43.9 Å². The average Bonchev–Trinajstić information content (AvgIpc) is 3.11. The molecule has 0 aliphatic carbocycles. The molecule has 4 aromatic rings. The van der Waals surface area contributed by atoms with E-state index in [1.165, 1.54) is 7.11 Å². The van der Waals surface area contributed by atoms with Crippen LogP contribution < -0.4 is 20.7 Å². The van der Waals surface area contributed by atoms with Gasteiger partial charge in [0.1, 0.15) is 24.5 Å². The van der Waals surface area contributed by atoms with Gasteiger partial charge in [0, 0.05) is 24.7 Å². The molecule has 4 aromatic carbocycles. The van der Waals surface area contributed by atoms with Crippen molar-refractivity contribution in [1.82, 2.24) is 10.6 Å². The maximum Gasteiger partial charge on any atom is 0.407 e. The Balaban J connectivity index is 1.26. The van der Waals surface area contributed by atoms with Crippen LogP contribution in [0.5, 0.6) is 5.75 Å². The van der Waals surface area contributed by atoms with Crippen LogP contribution >= 0.6 is 0 Å². The van der Waals surface area contributed by atoms with Crippen LogP contribution in [0, 0.1) is 18.3 Å². The molecule has 0 spiro atoms. The number of carbonyl (C=O) groups excluding carboxylic acids is 2. The second kappa shape index (κ2) is 16.4. The average molecular weight is 633 g/mol. The SMILES string of the molecule is COC(=O)N[C@H](C(=O)Nc1ccccc1CC[C@@H]1CNC[C@@H](COc2ccc(C#N)cc2C)O1)C(c1ccccc1)c1ccccc1. The maximum absolute atomic E-state index is 14.1. The van der Waals surface area contributed by atoms with Gasteiger partial charge in [0.2, 0.25) is 5.91 Å². The Kier molecular flexibility index (Phi) is 11.6. The molecule has 9 nitrogen and oxygen atoms in total. The number of methoxy groups -OCH3 is 1. The molecule has 3 N–H and O–H groups in total. The van der Waals surface area contributed by atoms with Crippen LogP contribution in [0.25, 0.3) is 0 Å². The number of aryl methyl sites for hydroxylation is 2. The smallest absolute Gasteiger partial charge is 0.407 e. The summed E-state index contributed by atoms with van der Waals surface area (Å²) < 4.78 is 17.3. The van der Waals surface area contributed by atoms with E-state index in [-0.39, 0.29) is 18.1 Å². The van der Waals surface area contributed by atoms with E-state index in [1.54, 1.807) is 6.07 Å². The van der Waals surface area contributed by atoms with Crippen molar-refractivity contribution in [3.05, 3.63) is 131 Å². The molecule has 47 heavy (non-hydrogen) atoms. The molecule has 1 aliphatic rings. The number of para-hydroxylation sites is 1. The third kappa shape index (κ3) is 8.97. The number of morpholine rings is 1. The maximum atomic E-state index is 14.1. The van der Waals surface area contributed by atoms with Crippen molar-refractivity contribution < 1.29 is 23.8 Å². The molecular formula is C38H40N4O5. The molecular weight excluding hydrogens is 592 g/mol. The van der Waals surface area contributed by atoms with Gasteiger partial charge >= 0.3 is 6.09 Å². The van der Waals surface area contributed by atoms with Crippen molar-refractivity contribution in [1.29, 1.82) is 5.26 Å². The van der Waals surface area contributed by atoms with Crippen molar-refractivity contribution >= 4 is 17.7 Å². The van der Waals surface area contributed by atoms with Crippen molar-refractivity contribution in [2.75, 3.05) is 32.1 Å². The predicted octanol–water partition coefficient (Wildman–Crippen LogP) is 5.73. The van der Waals surface area contributed by atoms with Gasteiger partial charge in [0.05, 0.1) is 24.8 Å². The molecule has 0 unspecified atom stereocenters. The summed E-state index contributed by atoms with van der Waals surface area (Å²) >= 11 is 0. The summed E-state index contributed by atoms with van der Waals surface area (Å²) in [6.45, 7) is 3.70. The van der Waals surface area contributed by atoms with Crippen LogP contribution in [0.3, 0.4) is 0 Å². The van der Waals surface area contributed by atoms with E-state index in [4.69, 9.17) is 19.5 Å². The molecule has 0 saturated carbocycles. The van der Waals surface area contributed by atoms with Crippen molar-refractivity contribution in [3.63, 3.8) is 0 Å². The standard InChI is InChI=1S/C38H40N4O5/c1-26-21-27(22-39)17-20-34(26)46-25-32-24-40-23-31(47-32)19-18-28-11-9-10-16-33(28)41-37(43)36(42-38(44)45-2)35(29-12-5-3-6-13-29)30-14-7-4-8-15-30/h3-17,20-21,31-32,35-36,40H,18-19,23-25H2,1-2H3,(H,41,43)(H,42,44)/t31-,32+,36+/m1/s1. The quantitative estimate of drug-likeness (QED) is 0.182. The second-order valence-corrected chi connectivity index (χ2v) is 11.5. The number of carbonyl (C=O) groups is 2. The highest BCUT2D eigenvalue weighted by Gasteiger charge is 2.33. The van der Waals surface area contributed by atoms with E-state index in [0.29, 0.717) is 37.4 Å². The van der Waals surface area contributed by atoms with Crippen LogP contribution in [0.2, 0.25) is 0 Å². The predicted molar refractivity (Wildman–Crippen MR) is 180 cm³/mol. The van der Waals surface area contributed by atoms with E-state index < -0.39 is 18.1 Å². The molecule has 1 heterocycles. The number of hydrogen-bond acceptors (Lipinski definition) is 7. The highest BCUT2D eigenvalue weighted by Crippen LogP contribution is 2.30. The lowest BCUT2D eigenvalue weighted by Gasteiger charge is -2.31. The van der Waals surface area contributed by atoms with Gasteiger partial charge in [0.25, 0.3) is 0 Å². The third-order valence-electron chi connectivity index (χ3n) is 8.26.